The summed E-state index contributed by atoms with van der Waals surface area (Å²) in [5.74, 6) is -0.478. The van der Waals surface area contributed by atoms with E-state index in [0.29, 0.717) is 45.3 Å². The molecule has 0 saturated carbocycles. The van der Waals surface area contributed by atoms with Crippen molar-refractivity contribution in [1.82, 2.24) is 9.03 Å². The first-order valence-electron chi connectivity index (χ1n) is 6.87. The highest BCUT2D eigenvalue weighted by molar-refractivity contribution is 7.87. The van der Waals surface area contributed by atoms with Crippen LogP contribution in [0.2, 0.25) is 0 Å². The maximum absolute atomic E-state index is 12.0. The Morgan fingerprint density at radius 3 is 2.55 bits per heavy atom. The average molecular weight is 308 g/mol. The number of aliphatic hydroxyl groups excluding tert-OH is 1. The molecule has 1 unspecified atom stereocenters. The number of aliphatic hydroxyl groups is 1. The first-order chi connectivity index (χ1) is 9.36. The Hall–Kier alpha value is -0.700. The molecule has 118 valence electrons. The quantitative estimate of drug-likeness (QED) is 0.504. The highest BCUT2D eigenvalue weighted by Gasteiger charge is 2.31. The number of carbonyl (C=O) groups excluding carboxylic acids is 1. The Morgan fingerprint density at radius 2 is 2.05 bits per heavy atom. The Kier molecular flexibility index (Phi) is 6.87. The van der Waals surface area contributed by atoms with E-state index in [1.54, 1.807) is 6.92 Å². The molecule has 1 atom stereocenters. The van der Waals surface area contributed by atoms with Crippen molar-refractivity contribution in [3.8, 4) is 0 Å². The fraction of sp³-hybridized carbons (Fsp3) is 0.917. The molecule has 1 saturated heterocycles. The van der Waals surface area contributed by atoms with Gasteiger partial charge in [-0.2, -0.15) is 12.7 Å². The minimum Gasteiger partial charge on any atom is -0.469 e. The largest absolute Gasteiger partial charge is 0.469 e. The second kappa shape index (κ2) is 7.92. The van der Waals surface area contributed by atoms with Gasteiger partial charge in [0.1, 0.15) is 0 Å². The van der Waals surface area contributed by atoms with Crippen LogP contribution in [0.1, 0.15) is 32.6 Å². The molecular formula is C12H24N2O5S. The minimum absolute atomic E-state index is 0.207. The molecule has 0 bridgehead atoms. The summed E-state index contributed by atoms with van der Waals surface area (Å²) in [6.45, 7) is 2.63. The van der Waals surface area contributed by atoms with Gasteiger partial charge in [0.15, 0.2) is 0 Å². The highest BCUT2D eigenvalue weighted by Crippen LogP contribution is 2.20. The topological polar surface area (TPSA) is 95.9 Å². The fourth-order valence-electron chi connectivity index (χ4n) is 2.19. The number of hydrogen-bond acceptors (Lipinski definition) is 5. The molecule has 1 rings (SSSR count). The summed E-state index contributed by atoms with van der Waals surface area (Å²) in [5.41, 5.74) is 0. The Balaban J connectivity index is 2.37. The van der Waals surface area contributed by atoms with Gasteiger partial charge in [0, 0.05) is 19.6 Å². The van der Waals surface area contributed by atoms with Crippen molar-refractivity contribution in [2.24, 2.45) is 5.92 Å². The van der Waals surface area contributed by atoms with Crippen LogP contribution in [0.25, 0.3) is 0 Å². The molecule has 2 N–H and O–H groups in total. The van der Waals surface area contributed by atoms with E-state index in [1.807, 2.05) is 0 Å². The first kappa shape index (κ1) is 17.4. The van der Waals surface area contributed by atoms with Crippen molar-refractivity contribution in [1.29, 1.82) is 0 Å². The van der Waals surface area contributed by atoms with Gasteiger partial charge in [0.05, 0.1) is 19.1 Å². The van der Waals surface area contributed by atoms with Crippen molar-refractivity contribution >= 4 is 16.2 Å². The lowest BCUT2D eigenvalue weighted by atomic mass is 9.99. The number of hydrogen-bond donors (Lipinski definition) is 2. The van der Waals surface area contributed by atoms with Gasteiger partial charge in [-0.25, -0.2) is 4.72 Å². The third-order valence-electron chi connectivity index (χ3n) is 3.41. The SMILES string of the molecule is COC(=O)C1CCN(S(=O)(=O)NCCCC(C)O)CC1. The predicted octanol–water partition coefficient (Wildman–Crippen LogP) is -0.133. The van der Waals surface area contributed by atoms with Crippen molar-refractivity contribution in [3.05, 3.63) is 0 Å². The van der Waals surface area contributed by atoms with Crippen LogP contribution in [-0.4, -0.2) is 56.6 Å². The fourth-order valence-corrected chi connectivity index (χ4v) is 3.46. The van der Waals surface area contributed by atoms with E-state index in [1.165, 1.54) is 11.4 Å². The van der Waals surface area contributed by atoms with Gasteiger partial charge in [-0.05, 0) is 32.6 Å². The van der Waals surface area contributed by atoms with Crippen LogP contribution in [0.15, 0.2) is 0 Å². The summed E-state index contributed by atoms with van der Waals surface area (Å²) in [7, 11) is -2.15. The third kappa shape index (κ3) is 5.35. The second-order valence-electron chi connectivity index (χ2n) is 5.09. The summed E-state index contributed by atoms with van der Waals surface area (Å²) >= 11 is 0. The third-order valence-corrected chi connectivity index (χ3v) is 5.03. The van der Waals surface area contributed by atoms with E-state index in [9.17, 15) is 13.2 Å². The number of ether oxygens (including phenoxy) is 1. The van der Waals surface area contributed by atoms with Gasteiger partial charge in [0.2, 0.25) is 0 Å². The number of nitrogens with one attached hydrogen (secondary N) is 1. The van der Waals surface area contributed by atoms with E-state index < -0.39 is 16.3 Å². The summed E-state index contributed by atoms with van der Waals surface area (Å²) in [4.78, 5) is 11.4. The Labute approximate surface area is 120 Å². The molecule has 1 heterocycles. The molecule has 8 heteroatoms. The molecular weight excluding hydrogens is 284 g/mol. The van der Waals surface area contributed by atoms with Crippen LogP contribution < -0.4 is 4.72 Å². The Morgan fingerprint density at radius 1 is 1.45 bits per heavy atom. The monoisotopic (exact) mass is 308 g/mol. The standard InChI is InChI=1S/C12H24N2O5S/c1-10(15)4-3-7-13-20(17,18)14-8-5-11(6-9-14)12(16)19-2/h10-11,13,15H,3-9H2,1-2H3. The van der Waals surface area contributed by atoms with Gasteiger partial charge in [0.25, 0.3) is 10.2 Å². The summed E-state index contributed by atoms with van der Waals surface area (Å²) in [5, 5.41) is 9.10. The number of methoxy groups -OCH3 is 1. The minimum atomic E-state index is -3.49. The molecule has 0 aromatic carbocycles. The van der Waals surface area contributed by atoms with E-state index >= 15 is 0 Å². The van der Waals surface area contributed by atoms with Gasteiger partial charge in [-0.1, -0.05) is 0 Å². The lowest BCUT2D eigenvalue weighted by Gasteiger charge is -2.29. The molecule has 7 nitrogen and oxygen atoms in total. The number of carbonyl (C=O) groups is 1. The summed E-state index contributed by atoms with van der Waals surface area (Å²) in [6, 6.07) is 0. The van der Waals surface area contributed by atoms with Crippen LogP contribution in [0, 0.1) is 5.92 Å². The van der Waals surface area contributed by atoms with Crippen LogP contribution >= 0.6 is 0 Å². The normalized spacial score (nSPS) is 19.8. The number of piperidine rings is 1. The highest BCUT2D eigenvalue weighted by atomic mass is 32.2. The molecule has 0 amide bonds. The van der Waals surface area contributed by atoms with Gasteiger partial charge < -0.3 is 9.84 Å². The second-order valence-corrected chi connectivity index (χ2v) is 6.84. The zero-order valence-corrected chi connectivity index (χ0v) is 12.9. The lowest BCUT2D eigenvalue weighted by Crippen LogP contribution is -2.46. The molecule has 0 radical (unpaired) electrons. The van der Waals surface area contributed by atoms with Crippen LogP contribution in [0.5, 0.6) is 0 Å². The van der Waals surface area contributed by atoms with Crippen molar-refractivity contribution in [2.75, 3.05) is 26.7 Å². The van der Waals surface area contributed by atoms with E-state index in [2.05, 4.69) is 9.46 Å². The molecule has 1 aliphatic rings. The number of esters is 1. The zero-order chi connectivity index (χ0) is 15.2. The molecule has 1 fully saturated rings. The van der Waals surface area contributed by atoms with E-state index in [0.717, 1.165) is 0 Å². The molecule has 0 aromatic rings. The van der Waals surface area contributed by atoms with Crippen molar-refractivity contribution in [2.45, 2.75) is 38.7 Å². The lowest BCUT2D eigenvalue weighted by molar-refractivity contribution is -0.146. The van der Waals surface area contributed by atoms with Crippen molar-refractivity contribution in [3.63, 3.8) is 0 Å². The molecule has 0 aromatic heterocycles. The molecule has 1 aliphatic heterocycles. The molecule has 0 spiro atoms. The number of rotatable bonds is 7. The first-order valence-corrected chi connectivity index (χ1v) is 8.31. The maximum Gasteiger partial charge on any atom is 0.308 e. The maximum atomic E-state index is 12.0. The zero-order valence-electron chi connectivity index (χ0n) is 12.0. The molecule has 20 heavy (non-hydrogen) atoms. The van der Waals surface area contributed by atoms with Crippen molar-refractivity contribution < 1.29 is 23.1 Å². The van der Waals surface area contributed by atoms with Crippen LogP contribution in [-0.2, 0) is 19.7 Å². The number of nitrogens with zero attached hydrogens (tertiary/aromatic N) is 1. The summed E-state index contributed by atoms with van der Waals surface area (Å²) < 4.78 is 32.6. The molecule has 0 aliphatic carbocycles. The van der Waals surface area contributed by atoms with Gasteiger partial charge in [-0.15, -0.1) is 0 Å². The summed E-state index contributed by atoms with van der Waals surface area (Å²) in [6.07, 6.45) is 1.71. The van der Waals surface area contributed by atoms with Gasteiger partial charge in [-0.3, -0.25) is 4.79 Å². The smallest absolute Gasteiger partial charge is 0.308 e. The Bertz CT molecular complexity index is 402. The van der Waals surface area contributed by atoms with Crippen LogP contribution in [0.3, 0.4) is 0 Å². The average Bonchev–Trinajstić information content (AvgIpc) is 2.43. The predicted molar refractivity (Wildman–Crippen MR) is 74.2 cm³/mol. The van der Waals surface area contributed by atoms with Gasteiger partial charge >= 0.3 is 5.97 Å². The van der Waals surface area contributed by atoms with E-state index in [-0.39, 0.29) is 11.9 Å². The van der Waals surface area contributed by atoms with E-state index in [4.69, 9.17) is 5.11 Å². The van der Waals surface area contributed by atoms with Crippen LogP contribution in [0.4, 0.5) is 0 Å².